The van der Waals surface area contributed by atoms with E-state index in [1.807, 2.05) is 0 Å². The molecule has 0 amide bonds. The SMILES string of the molecule is CC(C)C1=Cc2c(ccc(-c3ccccc3)c2-c2cc(C(C)(C)C)cc(C(C)(C)C)c2)[CH]1[Zr]([Cl])([Cl])([CH]1C(C(C)C)=Cc2c1ccc(-c1ccccc1)c2-c1cc(C(C)(C)C)cc(C(C)(C)C)c1)[SiH](C)C. The van der Waals surface area contributed by atoms with Crippen molar-refractivity contribution >= 4 is 35.1 Å². The van der Waals surface area contributed by atoms with Crippen LogP contribution in [-0.2, 0) is 37.2 Å². The van der Waals surface area contributed by atoms with Crippen molar-refractivity contribution in [2.24, 2.45) is 11.8 Å². The molecule has 2 unspecified atom stereocenters. The Labute approximate surface area is 433 Å². The summed E-state index contributed by atoms with van der Waals surface area (Å²) in [6, 6.07) is 46.6. The molecule has 4 heteroatoms. The van der Waals surface area contributed by atoms with Gasteiger partial charge in [0.15, 0.2) is 0 Å². The number of allylic oxidation sites excluding steroid dienone is 2. The van der Waals surface area contributed by atoms with Crippen LogP contribution in [0.5, 0.6) is 0 Å². The molecule has 0 saturated carbocycles. The van der Waals surface area contributed by atoms with Gasteiger partial charge in [0.2, 0.25) is 0 Å². The van der Waals surface area contributed by atoms with Crippen LogP contribution in [0.25, 0.3) is 56.7 Å². The van der Waals surface area contributed by atoms with E-state index >= 15 is 0 Å². The molecular weight excluding hydrogens is 983 g/mol. The molecule has 2 aliphatic rings. The van der Waals surface area contributed by atoms with Crippen molar-refractivity contribution in [2.75, 3.05) is 0 Å². The maximum atomic E-state index is 9.28. The van der Waals surface area contributed by atoms with Gasteiger partial charge in [0, 0.05) is 0 Å². The Morgan fingerprint density at radius 2 is 0.714 bits per heavy atom. The van der Waals surface area contributed by atoms with Crippen LogP contribution in [0.3, 0.4) is 0 Å². The van der Waals surface area contributed by atoms with Gasteiger partial charge in [0.05, 0.1) is 0 Å². The van der Waals surface area contributed by atoms with Gasteiger partial charge in [0.25, 0.3) is 0 Å². The molecule has 6 aromatic rings. The standard InChI is InChI=1S/2C32H37.C2H7Si.2ClH.Zr/c2*1-21(2)24-16-23-14-15-28(22-12-10-9-11-13-22)30(29(23)19-24)25-17-26(31(3,4)5)20-27(18-25)32(6,7)8;1-3-2;;;/h2*9-21H,1-8H3;3H,1-2H3;2*1H;/q;;;;;+2/p-2. The topological polar surface area (TPSA) is 0 Å². The van der Waals surface area contributed by atoms with Gasteiger partial charge in [-0.2, -0.15) is 0 Å². The van der Waals surface area contributed by atoms with Gasteiger partial charge >= 0.3 is 437 Å². The second-order valence-electron chi connectivity index (χ2n) is 26.2. The Kier molecular flexibility index (Phi) is 13.9. The van der Waals surface area contributed by atoms with Gasteiger partial charge in [-0.3, -0.25) is 0 Å². The minimum absolute atomic E-state index is 0.0371. The molecule has 0 spiro atoms. The molecule has 0 N–H and O–H groups in total. The van der Waals surface area contributed by atoms with Crippen molar-refractivity contribution in [2.45, 2.75) is 153 Å². The first-order valence-corrected chi connectivity index (χ1v) is 42.5. The number of halogens is 2. The number of fused-ring (bicyclic) bond motifs is 2. The predicted molar refractivity (Wildman–Crippen MR) is 311 cm³/mol. The number of rotatable bonds is 9. The summed E-state index contributed by atoms with van der Waals surface area (Å²) in [5.74, 6) is -1.40. The van der Waals surface area contributed by atoms with E-state index in [1.165, 1.54) is 100 Å². The van der Waals surface area contributed by atoms with Crippen LogP contribution in [0, 0.1) is 11.8 Å². The Morgan fingerprint density at radius 1 is 0.414 bits per heavy atom. The first-order chi connectivity index (χ1) is 32.4. The van der Waals surface area contributed by atoms with Crippen LogP contribution in [-0.4, -0.2) is 5.92 Å². The fourth-order valence-electron chi connectivity index (χ4n) is 11.6. The molecule has 0 nitrogen and oxygen atoms in total. The molecule has 0 saturated heterocycles. The second-order valence-corrected chi connectivity index (χ2v) is 68.7. The summed E-state index contributed by atoms with van der Waals surface area (Å²) in [5, 5.41) is 0. The number of hydrogen-bond acceptors (Lipinski definition) is 0. The zero-order valence-electron chi connectivity index (χ0n) is 45.8. The molecule has 0 heterocycles. The van der Waals surface area contributed by atoms with Crippen LogP contribution >= 0.6 is 17.0 Å². The molecule has 0 fully saturated rings. The van der Waals surface area contributed by atoms with Crippen molar-refractivity contribution in [1.82, 2.24) is 0 Å². The van der Waals surface area contributed by atoms with Crippen LogP contribution in [0.15, 0.2) is 132 Å². The fourth-order valence-corrected chi connectivity index (χ4v) is 43.1. The molecule has 2 aliphatic carbocycles. The second kappa shape index (κ2) is 18.4. The molecule has 70 heavy (non-hydrogen) atoms. The average molecular weight is 1060 g/mol. The van der Waals surface area contributed by atoms with Gasteiger partial charge in [0.1, 0.15) is 0 Å². The molecule has 0 bridgehead atoms. The normalized spacial score (nSPS) is 17.2. The molecule has 6 aromatic carbocycles. The summed E-state index contributed by atoms with van der Waals surface area (Å²) < 4.78 is -0.0927. The zero-order chi connectivity index (χ0) is 51.3. The Morgan fingerprint density at radius 3 is 0.971 bits per heavy atom. The summed E-state index contributed by atoms with van der Waals surface area (Å²) in [6.07, 6.45) is 5.15. The predicted octanol–water partition coefficient (Wildman–Crippen LogP) is 20.4. The maximum absolute atomic E-state index is 9.28. The molecule has 367 valence electrons. The van der Waals surface area contributed by atoms with Gasteiger partial charge in [-0.1, -0.05) is 0 Å². The molecule has 2 atom stereocenters. The van der Waals surface area contributed by atoms with E-state index < -0.39 is 21.5 Å². The van der Waals surface area contributed by atoms with E-state index in [2.05, 4.69) is 257 Å². The monoisotopic (exact) mass is 1060 g/mol. The third-order valence-corrected chi connectivity index (χ3v) is 67.8. The van der Waals surface area contributed by atoms with Gasteiger partial charge in [-0.15, -0.1) is 0 Å². The van der Waals surface area contributed by atoms with E-state index in [9.17, 15) is 17.0 Å². The van der Waals surface area contributed by atoms with Gasteiger partial charge in [-0.05, 0) is 0 Å². The average Bonchev–Trinajstić information content (AvgIpc) is 3.89. The van der Waals surface area contributed by atoms with Crippen molar-refractivity contribution in [1.29, 1.82) is 0 Å². The van der Waals surface area contributed by atoms with Crippen molar-refractivity contribution in [3.8, 4) is 44.5 Å². The Balaban J connectivity index is 1.47. The molecule has 0 aliphatic heterocycles. The molecule has 0 aromatic heterocycles. The van der Waals surface area contributed by atoms with Crippen molar-refractivity contribution in [3.63, 3.8) is 0 Å². The molecule has 0 radical (unpaired) electrons. The van der Waals surface area contributed by atoms with Crippen LogP contribution < -0.4 is 0 Å². The van der Waals surface area contributed by atoms with Crippen LogP contribution in [0.1, 0.15) is 163 Å². The van der Waals surface area contributed by atoms with Gasteiger partial charge in [-0.25, -0.2) is 0 Å². The third-order valence-electron chi connectivity index (χ3n) is 16.1. The van der Waals surface area contributed by atoms with Crippen LogP contribution in [0.2, 0.25) is 13.1 Å². The van der Waals surface area contributed by atoms with E-state index in [4.69, 9.17) is 0 Å². The van der Waals surface area contributed by atoms with Crippen molar-refractivity contribution < 1.29 is 15.6 Å². The zero-order valence-corrected chi connectivity index (χ0v) is 51.0. The minimum atomic E-state index is -5.30. The number of benzene rings is 6. The Bertz CT molecular complexity index is 2760. The summed E-state index contributed by atoms with van der Waals surface area (Å²) in [7, 11) is 18.6. The van der Waals surface area contributed by atoms with Crippen molar-refractivity contribution in [3.05, 3.63) is 177 Å². The van der Waals surface area contributed by atoms with E-state index in [1.54, 1.807) is 0 Å². The van der Waals surface area contributed by atoms with E-state index in [-0.39, 0.29) is 40.7 Å². The third kappa shape index (κ3) is 9.38. The Hall–Kier alpha value is -3.52. The van der Waals surface area contributed by atoms with E-state index in [0.29, 0.717) is 0 Å². The number of hydrogen-bond donors (Lipinski definition) is 0. The first-order valence-electron chi connectivity index (χ1n) is 26.2. The van der Waals surface area contributed by atoms with E-state index in [0.717, 1.165) is 0 Å². The summed E-state index contributed by atoms with van der Waals surface area (Å²) in [5.41, 5.74) is 23.5. The summed E-state index contributed by atoms with van der Waals surface area (Å²) in [6.45, 7) is 42.7. The molecule has 8 rings (SSSR count). The van der Waals surface area contributed by atoms with Gasteiger partial charge < -0.3 is 0 Å². The molecular formula is C66H81Cl2SiZr. The quantitative estimate of drug-likeness (QED) is 0.127. The first kappa shape index (κ1) is 52.8. The van der Waals surface area contributed by atoms with Crippen LogP contribution in [0.4, 0.5) is 0 Å². The fraction of sp³-hybridized carbons (Fsp3) is 0.394. The summed E-state index contributed by atoms with van der Waals surface area (Å²) in [4.78, 5) is 0. The summed E-state index contributed by atoms with van der Waals surface area (Å²) >= 11 is -5.30.